The van der Waals surface area contributed by atoms with Gasteiger partial charge >= 0.3 is 0 Å². The summed E-state index contributed by atoms with van der Waals surface area (Å²) in [5, 5.41) is 0. The minimum atomic E-state index is -0.109. The molecule has 0 aliphatic rings. The molecule has 0 fully saturated rings. The van der Waals surface area contributed by atoms with Crippen LogP contribution in [0.4, 0.5) is 0 Å². The summed E-state index contributed by atoms with van der Waals surface area (Å²) < 4.78 is 0. The molecule has 0 rings (SSSR count). The van der Waals surface area contributed by atoms with Crippen LogP contribution in [0.3, 0.4) is 0 Å². The Balaban J connectivity index is 3.70. The van der Waals surface area contributed by atoms with Gasteiger partial charge < -0.3 is 0 Å². The minimum Gasteiger partial charge on any atom is -0.127 e. The molecule has 0 amide bonds. The summed E-state index contributed by atoms with van der Waals surface area (Å²) in [4.78, 5) is -0.109. The summed E-state index contributed by atoms with van der Waals surface area (Å²) in [7, 11) is 0. The Labute approximate surface area is 67.5 Å². The predicted octanol–water partition coefficient (Wildman–Crippen LogP) is 3.27. The molecule has 0 saturated carbocycles. The maximum Gasteiger partial charge on any atom is 0.0452 e. The van der Waals surface area contributed by atoms with Gasteiger partial charge in [-0.15, -0.1) is 23.2 Å². The molecule has 0 bridgehead atoms. The Morgan fingerprint density at radius 3 is 2.00 bits per heavy atom. The molecular formula is C7H14Cl2. The van der Waals surface area contributed by atoms with Crippen LogP contribution in [-0.2, 0) is 0 Å². The van der Waals surface area contributed by atoms with Gasteiger partial charge in [0, 0.05) is 10.8 Å². The molecule has 0 aliphatic carbocycles. The number of hydrogen-bond acceptors (Lipinski definition) is 0. The quantitative estimate of drug-likeness (QED) is 0.568. The third-order valence-corrected chi connectivity index (χ3v) is 2.60. The normalized spacial score (nSPS) is 18.0. The van der Waals surface area contributed by atoms with Crippen LogP contribution < -0.4 is 0 Å². The molecule has 0 spiro atoms. The summed E-state index contributed by atoms with van der Waals surface area (Å²) in [5.74, 6) is 1.15. The molecule has 2 heteroatoms. The second kappa shape index (κ2) is 3.68. The lowest BCUT2D eigenvalue weighted by atomic mass is 9.94. The molecule has 0 radical (unpaired) electrons. The van der Waals surface area contributed by atoms with Crippen LogP contribution in [0.5, 0.6) is 0 Å². The lowest BCUT2D eigenvalue weighted by Gasteiger charge is -2.24. The first kappa shape index (κ1) is 9.58. The van der Waals surface area contributed by atoms with E-state index >= 15 is 0 Å². The van der Waals surface area contributed by atoms with Gasteiger partial charge in [-0.1, -0.05) is 13.8 Å². The molecule has 1 unspecified atom stereocenters. The molecule has 0 nitrogen and oxygen atoms in total. The second-order valence-electron chi connectivity index (χ2n) is 2.87. The molecule has 9 heavy (non-hydrogen) atoms. The van der Waals surface area contributed by atoms with Crippen molar-refractivity contribution in [1.82, 2.24) is 0 Å². The standard InChI is InChI=1S/C7H14Cl2/c1-6(2)7(3,9)4-5-8/h6H,4-5H2,1-3H3. The zero-order valence-electron chi connectivity index (χ0n) is 6.25. The van der Waals surface area contributed by atoms with Crippen LogP contribution in [0.2, 0.25) is 0 Å². The van der Waals surface area contributed by atoms with Gasteiger partial charge in [0.25, 0.3) is 0 Å². The number of rotatable bonds is 3. The van der Waals surface area contributed by atoms with Crippen molar-refractivity contribution in [2.75, 3.05) is 5.88 Å². The van der Waals surface area contributed by atoms with Gasteiger partial charge in [0.05, 0.1) is 0 Å². The maximum absolute atomic E-state index is 6.09. The number of alkyl halides is 2. The van der Waals surface area contributed by atoms with Crippen LogP contribution in [0.25, 0.3) is 0 Å². The van der Waals surface area contributed by atoms with Gasteiger partial charge in [-0.25, -0.2) is 0 Å². The third-order valence-electron chi connectivity index (χ3n) is 1.79. The first-order valence-electron chi connectivity index (χ1n) is 3.25. The van der Waals surface area contributed by atoms with E-state index in [1.165, 1.54) is 0 Å². The van der Waals surface area contributed by atoms with Gasteiger partial charge in [-0.05, 0) is 19.3 Å². The lowest BCUT2D eigenvalue weighted by molar-refractivity contribution is 0.446. The predicted molar refractivity (Wildman–Crippen MR) is 44.4 cm³/mol. The monoisotopic (exact) mass is 168 g/mol. The van der Waals surface area contributed by atoms with Gasteiger partial charge in [-0.2, -0.15) is 0 Å². The van der Waals surface area contributed by atoms with Crippen molar-refractivity contribution in [2.45, 2.75) is 32.1 Å². The van der Waals surface area contributed by atoms with Crippen molar-refractivity contribution in [3.63, 3.8) is 0 Å². The zero-order valence-corrected chi connectivity index (χ0v) is 7.76. The van der Waals surface area contributed by atoms with E-state index in [-0.39, 0.29) is 4.87 Å². The Kier molecular flexibility index (Phi) is 3.91. The first-order valence-corrected chi connectivity index (χ1v) is 4.17. The van der Waals surface area contributed by atoms with Gasteiger partial charge in [-0.3, -0.25) is 0 Å². The van der Waals surface area contributed by atoms with E-state index in [2.05, 4.69) is 13.8 Å². The zero-order chi connectivity index (χ0) is 7.49. The van der Waals surface area contributed by atoms with E-state index in [1.54, 1.807) is 0 Å². The average molecular weight is 169 g/mol. The van der Waals surface area contributed by atoms with E-state index in [9.17, 15) is 0 Å². The van der Waals surface area contributed by atoms with Crippen molar-refractivity contribution in [1.29, 1.82) is 0 Å². The molecule has 1 atom stereocenters. The summed E-state index contributed by atoms with van der Waals surface area (Å²) in [6.07, 6.45) is 0.883. The van der Waals surface area contributed by atoms with Crippen molar-refractivity contribution in [3.8, 4) is 0 Å². The van der Waals surface area contributed by atoms with Crippen LogP contribution in [0.1, 0.15) is 27.2 Å². The molecule has 0 aliphatic heterocycles. The van der Waals surface area contributed by atoms with E-state index < -0.39 is 0 Å². The van der Waals surface area contributed by atoms with E-state index in [4.69, 9.17) is 23.2 Å². The molecule has 0 aromatic rings. The fraction of sp³-hybridized carbons (Fsp3) is 1.00. The molecule has 0 heterocycles. The third kappa shape index (κ3) is 3.32. The summed E-state index contributed by atoms with van der Waals surface area (Å²) in [5.41, 5.74) is 0. The van der Waals surface area contributed by atoms with Crippen molar-refractivity contribution < 1.29 is 0 Å². The molecule has 56 valence electrons. The van der Waals surface area contributed by atoms with Crippen LogP contribution in [0.15, 0.2) is 0 Å². The van der Waals surface area contributed by atoms with Gasteiger partial charge in [0.2, 0.25) is 0 Å². The molecule has 0 aromatic heterocycles. The van der Waals surface area contributed by atoms with E-state index in [1.807, 2.05) is 6.92 Å². The van der Waals surface area contributed by atoms with Crippen LogP contribution in [-0.4, -0.2) is 10.8 Å². The second-order valence-corrected chi connectivity index (χ2v) is 4.11. The first-order chi connectivity index (χ1) is 4.00. The fourth-order valence-electron chi connectivity index (χ4n) is 0.473. The molecular weight excluding hydrogens is 155 g/mol. The fourth-order valence-corrected chi connectivity index (χ4v) is 1.06. The number of halogens is 2. The topological polar surface area (TPSA) is 0 Å². The van der Waals surface area contributed by atoms with Crippen LogP contribution in [0, 0.1) is 5.92 Å². The van der Waals surface area contributed by atoms with Gasteiger partial charge in [0.1, 0.15) is 0 Å². The summed E-state index contributed by atoms with van der Waals surface area (Å²) >= 11 is 11.6. The Hall–Kier alpha value is 0.580. The van der Waals surface area contributed by atoms with Gasteiger partial charge in [0.15, 0.2) is 0 Å². The largest absolute Gasteiger partial charge is 0.127 e. The van der Waals surface area contributed by atoms with E-state index in [0.717, 1.165) is 6.42 Å². The Morgan fingerprint density at radius 1 is 1.44 bits per heavy atom. The highest BCUT2D eigenvalue weighted by Gasteiger charge is 2.23. The highest BCUT2D eigenvalue weighted by molar-refractivity contribution is 6.25. The molecule has 0 saturated heterocycles. The summed E-state index contributed by atoms with van der Waals surface area (Å²) in [6.45, 7) is 6.25. The van der Waals surface area contributed by atoms with Crippen molar-refractivity contribution in [3.05, 3.63) is 0 Å². The highest BCUT2D eigenvalue weighted by Crippen LogP contribution is 2.28. The highest BCUT2D eigenvalue weighted by atomic mass is 35.5. The SMILES string of the molecule is CC(C)C(C)(Cl)CCCl. The maximum atomic E-state index is 6.09. The van der Waals surface area contributed by atoms with Crippen molar-refractivity contribution in [2.24, 2.45) is 5.92 Å². The average Bonchev–Trinajstić information content (AvgIpc) is 1.65. The van der Waals surface area contributed by atoms with Crippen LogP contribution >= 0.6 is 23.2 Å². The Morgan fingerprint density at radius 2 is 1.89 bits per heavy atom. The van der Waals surface area contributed by atoms with Crippen molar-refractivity contribution >= 4 is 23.2 Å². The summed E-state index contributed by atoms with van der Waals surface area (Å²) in [6, 6.07) is 0. The Bertz CT molecular complexity index is 77.0. The smallest absolute Gasteiger partial charge is 0.0452 e. The minimum absolute atomic E-state index is 0.109. The van der Waals surface area contributed by atoms with E-state index in [0.29, 0.717) is 11.8 Å². The lowest BCUT2D eigenvalue weighted by Crippen LogP contribution is -2.24. The molecule has 0 N–H and O–H groups in total. The molecule has 0 aromatic carbocycles. The number of hydrogen-bond donors (Lipinski definition) is 0.